The fourth-order valence-electron chi connectivity index (χ4n) is 2.07. The number of pyridine rings is 1. The molecule has 2 heterocycles. The van der Waals surface area contributed by atoms with E-state index in [1.807, 2.05) is 36.4 Å². The van der Waals surface area contributed by atoms with E-state index in [0.717, 1.165) is 22.2 Å². The molecule has 0 saturated carbocycles. The van der Waals surface area contributed by atoms with E-state index in [0.29, 0.717) is 16.9 Å². The summed E-state index contributed by atoms with van der Waals surface area (Å²) < 4.78 is 0. The van der Waals surface area contributed by atoms with Crippen LogP contribution >= 0.6 is 11.6 Å². The molecule has 2 aromatic heterocycles. The van der Waals surface area contributed by atoms with Crippen molar-refractivity contribution in [1.82, 2.24) is 15.0 Å². The maximum atomic E-state index is 6.10. The smallest absolute Gasteiger partial charge is 0.161 e. The minimum absolute atomic E-state index is 0.316. The van der Waals surface area contributed by atoms with Crippen LogP contribution in [0.5, 0.6) is 0 Å². The zero-order chi connectivity index (χ0) is 14.1. The van der Waals surface area contributed by atoms with Gasteiger partial charge in [0, 0.05) is 22.8 Å². The Morgan fingerprint density at radius 1 is 1.05 bits per heavy atom. The lowest BCUT2D eigenvalue weighted by atomic mass is 10.1. The Morgan fingerprint density at radius 3 is 2.70 bits per heavy atom. The fraction of sp³-hybridized carbons (Fsp3) is 0.188. The Bertz CT molecular complexity index is 769. The van der Waals surface area contributed by atoms with Crippen molar-refractivity contribution in [3.8, 4) is 11.4 Å². The standard InChI is InChI=1S/C16H14ClN3/c1-10(2)14-9-15(17)20-16(19-14)12-5-6-13-11(8-12)4-3-7-18-13/h3-10H,1-2H3. The highest BCUT2D eigenvalue weighted by molar-refractivity contribution is 6.29. The first-order valence-electron chi connectivity index (χ1n) is 6.53. The number of hydrogen-bond acceptors (Lipinski definition) is 3. The van der Waals surface area contributed by atoms with Gasteiger partial charge in [0.15, 0.2) is 5.82 Å². The Kier molecular flexibility index (Phi) is 3.36. The van der Waals surface area contributed by atoms with Gasteiger partial charge in [0.2, 0.25) is 0 Å². The summed E-state index contributed by atoms with van der Waals surface area (Å²) in [5, 5.41) is 1.55. The molecule has 4 heteroatoms. The molecule has 0 aliphatic carbocycles. The van der Waals surface area contributed by atoms with Crippen molar-refractivity contribution in [2.45, 2.75) is 19.8 Å². The van der Waals surface area contributed by atoms with Crippen LogP contribution in [0.15, 0.2) is 42.6 Å². The normalized spacial score (nSPS) is 11.2. The van der Waals surface area contributed by atoms with Crippen molar-refractivity contribution in [2.24, 2.45) is 0 Å². The molecule has 100 valence electrons. The monoisotopic (exact) mass is 283 g/mol. The molecular weight excluding hydrogens is 270 g/mol. The van der Waals surface area contributed by atoms with Crippen molar-refractivity contribution in [3.63, 3.8) is 0 Å². The quantitative estimate of drug-likeness (QED) is 0.651. The summed E-state index contributed by atoms with van der Waals surface area (Å²) >= 11 is 6.10. The second-order valence-electron chi connectivity index (χ2n) is 5.00. The molecule has 0 spiro atoms. The largest absolute Gasteiger partial charge is 0.256 e. The average Bonchev–Trinajstić information content (AvgIpc) is 2.46. The van der Waals surface area contributed by atoms with Gasteiger partial charge in [0.05, 0.1) is 5.52 Å². The molecule has 0 N–H and O–H groups in total. The molecular formula is C16H14ClN3. The first-order valence-corrected chi connectivity index (χ1v) is 6.91. The third-order valence-electron chi connectivity index (χ3n) is 3.17. The van der Waals surface area contributed by atoms with Gasteiger partial charge in [-0.15, -0.1) is 0 Å². The third-order valence-corrected chi connectivity index (χ3v) is 3.36. The second-order valence-corrected chi connectivity index (χ2v) is 5.39. The van der Waals surface area contributed by atoms with Crippen LogP contribution in [0.1, 0.15) is 25.5 Å². The molecule has 0 amide bonds. The predicted molar refractivity (Wildman–Crippen MR) is 81.9 cm³/mol. The SMILES string of the molecule is CC(C)c1cc(Cl)nc(-c2ccc3ncccc3c2)n1. The molecule has 0 aliphatic heterocycles. The molecule has 0 radical (unpaired) electrons. The number of fused-ring (bicyclic) bond motifs is 1. The zero-order valence-electron chi connectivity index (χ0n) is 11.3. The molecule has 20 heavy (non-hydrogen) atoms. The minimum Gasteiger partial charge on any atom is -0.256 e. The molecule has 0 saturated heterocycles. The van der Waals surface area contributed by atoms with Crippen LogP contribution in [0, 0.1) is 0 Å². The van der Waals surface area contributed by atoms with E-state index in [1.165, 1.54) is 0 Å². The van der Waals surface area contributed by atoms with Gasteiger partial charge >= 0.3 is 0 Å². The zero-order valence-corrected chi connectivity index (χ0v) is 12.1. The second kappa shape index (κ2) is 5.17. The summed E-state index contributed by atoms with van der Waals surface area (Å²) in [7, 11) is 0. The van der Waals surface area contributed by atoms with Crippen LogP contribution < -0.4 is 0 Å². The van der Waals surface area contributed by atoms with E-state index in [1.54, 1.807) is 6.20 Å². The first-order chi connectivity index (χ1) is 9.63. The number of nitrogens with zero attached hydrogens (tertiary/aromatic N) is 3. The minimum atomic E-state index is 0.316. The molecule has 1 aromatic carbocycles. The van der Waals surface area contributed by atoms with E-state index in [9.17, 15) is 0 Å². The Hall–Kier alpha value is -2.00. The molecule has 0 bridgehead atoms. The van der Waals surface area contributed by atoms with Gasteiger partial charge in [-0.3, -0.25) is 4.98 Å². The van der Waals surface area contributed by atoms with Crippen molar-refractivity contribution in [2.75, 3.05) is 0 Å². The lowest BCUT2D eigenvalue weighted by Crippen LogP contribution is -1.98. The molecule has 3 nitrogen and oxygen atoms in total. The van der Waals surface area contributed by atoms with E-state index >= 15 is 0 Å². The maximum Gasteiger partial charge on any atom is 0.161 e. The van der Waals surface area contributed by atoms with Crippen molar-refractivity contribution in [1.29, 1.82) is 0 Å². The summed E-state index contributed by atoms with van der Waals surface area (Å²) in [5.41, 5.74) is 2.86. The van der Waals surface area contributed by atoms with Crippen LogP contribution in [0.4, 0.5) is 0 Å². The van der Waals surface area contributed by atoms with Crippen LogP contribution in [0.25, 0.3) is 22.3 Å². The summed E-state index contributed by atoms with van der Waals surface area (Å²) in [6.45, 7) is 4.18. The summed E-state index contributed by atoms with van der Waals surface area (Å²) in [6.07, 6.45) is 1.79. The summed E-state index contributed by atoms with van der Waals surface area (Å²) in [6, 6.07) is 11.8. The predicted octanol–water partition coefficient (Wildman–Crippen LogP) is 4.47. The number of rotatable bonds is 2. The van der Waals surface area contributed by atoms with Gasteiger partial charge in [0.1, 0.15) is 5.15 Å². The lowest BCUT2D eigenvalue weighted by Gasteiger charge is -2.08. The maximum absolute atomic E-state index is 6.10. The number of halogens is 1. The van der Waals surface area contributed by atoms with Crippen molar-refractivity contribution >= 4 is 22.5 Å². The lowest BCUT2D eigenvalue weighted by molar-refractivity contribution is 0.817. The van der Waals surface area contributed by atoms with Crippen molar-refractivity contribution in [3.05, 3.63) is 53.4 Å². The number of benzene rings is 1. The highest BCUT2D eigenvalue weighted by Gasteiger charge is 2.09. The van der Waals surface area contributed by atoms with Crippen LogP contribution in [0.3, 0.4) is 0 Å². The number of hydrogen-bond donors (Lipinski definition) is 0. The summed E-state index contributed by atoms with van der Waals surface area (Å²) in [4.78, 5) is 13.2. The Labute approximate surface area is 122 Å². The highest BCUT2D eigenvalue weighted by Crippen LogP contribution is 2.24. The van der Waals surface area contributed by atoms with E-state index in [-0.39, 0.29) is 0 Å². The van der Waals surface area contributed by atoms with E-state index < -0.39 is 0 Å². The van der Waals surface area contributed by atoms with E-state index in [4.69, 9.17) is 11.6 Å². The fourth-order valence-corrected chi connectivity index (χ4v) is 2.27. The van der Waals surface area contributed by atoms with Crippen LogP contribution in [-0.4, -0.2) is 15.0 Å². The van der Waals surface area contributed by atoms with Gasteiger partial charge in [0.25, 0.3) is 0 Å². The van der Waals surface area contributed by atoms with E-state index in [2.05, 4.69) is 28.8 Å². The van der Waals surface area contributed by atoms with Crippen LogP contribution in [-0.2, 0) is 0 Å². The summed E-state index contributed by atoms with van der Waals surface area (Å²) in [5.74, 6) is 0.975. The van der Waals surface area contributed by atoms with Gasteiger partial charge in [-0.1, -0.05) is 31.5 Å². The Morgan fingerprint density at radius 2 is 1.90 bits per heavy atom. The average molecular weight is 284 g/mol. The first kappa shape index (κ1) is 13.0. The topological polar surface area (TPSA) is 38.7 Å². The van der Waals surface area contributed by atoms with Gasteiger partial charge in [-0.2, -0.15) is 0 Å². The highest BCUT2D eigenvalue weighted by atomic mass is 35.5. The molecule has 0 atom stereocenters. The third kappa shape index (κ3) is 2.49. The molecule has 0 aliphatic rings. The molecule has 0 fully saturated rings. The molecule has 3 rings (SSSR count). The van der Waals surface area contributed by atoms with Gasteiger partial charge < -0.3 is 0 Å². The molecule has 0 unspecified atom stereocenters. The molecule has 3 aromatic rings. The van der Waals surface area contributed by atoms with Gasteiger partial charge in [-0.25, -0.2) is 9.97 Å². The van der Waals surface area contributed by atoms with Gasteiger partial charge in [-0.05, 0) is 36.2 Å². The number of aromatic nitrogens is 3. The van der Waals surface area contributed by atoms with Crippen LogP contribution in [0.2, 0.25) is 5.15 Å². The van der Waals surface area contributed by atoms with Crippen molar-refractivity contribution < 1.29 is 0 Å². The Balaban J connectivity index is 2.15.